The Morgan fingerprint density at radius 2 is 1.75 bits per heavy atom. The van der Waals surface area contributed by atoms with Crippen molar-refractivity contribution in [2.45, 2.75) is 77.3 Å². The third kappa shape index (κ3) is 3.94. The molecule has 2 aromatic rings. The molecule has 150 valence electrons. The zero-order valence-electron chi connectivity index (χ0n) is 16.7. The number of fused-ring (bicyclic) bond motifs is 2. The minimum absolute atomic E-state index is 0.0939. The minimum Gasteiger partial charge on any atom is -0.297 e. The summed E-state index contributed by atoms with van der Waals surface area (Å²) in [6.45, 7) is 4.00. The second-order valence-corrected chi connectivity index (χ2v) is 9.92. The van der Waals surface area contributed by atoms with Crippen molar-refractivity contribution in [2.24, 2.45) is 5.92 Å². The van der Waals surface area contributed by atoms with E-state index in [0.717, 1.165) is 57.6 Å². The molecule has 5 rings (SSSR count). The number of hydrogen-bond acceptors (Lipinski definition) is 5. The molecule has 1 aliphatic heterocycles. The second kappa shape index (κ2) is 8.07. The van der Waals surface area contributed by atoms with Gasteiger partial charge >= 0.3 is 0 Å². The molecule has 6 heteroatoms. The van der Waals surface area contributed by atoms with Crippen LogP contribution in [0.2, 0.25) is 0 Å². The smallest absolute Gasteiger partial charge is 0.267 e. The molecule has 0 bridgehead atoms. The summed E-state index contributed by atoms with van der Waals surface area (Å²) in [6.07, 6.45) is 11.8. The maximum Gasteiger partial charge on any atom is 0.267 e. The average molecular weight is 399 g/mol. The largest absolute Gasteiger partial charge is 0.297 e. The molecular formula is C22H30N4OS. The quantitative estimate of drug-likeness (QED) is 0.792. The normalized spacial score (nSPS) is 20.7. The molecule has 3 aliphatic rings. The molecule has 2 aromatic heterocycles. The first-order chi connectivity index (χ1) is 13.7. The van der Waals surface area contributed by atoms with Crippen molar-refractivity contribution in [3.63, 3.8) is 0 Å². The summed E-state index contributed by atoms with van der Waals surface area (Å²) >= 11 is 1.94. The van der Waals surface area contributed by atoms with Gasteiger partial charge in [-0.1, -0.05) is 0 Å². The van der Waals surface area contributed by atoms with Crippen LogP contribution in [0.1, 0.15) is 65.4 Å². The maximum atomic E-state index is 12.4. The van der Waals surface area contributed by atoms with Crippen LogP contribution >= 0.6 is 11.3 Å². The minimum atomic E-state index is 0.0939. The van der Waals surface area contributed by atoms with Gasteiger partial charge in [0.1, 0.15) is 5.01 Å². The van der Waals surface area contributed by atoms with Gasteiger partial charge in [-0.05, 0) is 88.8 Å². The van der Waals surface area contributed by atoms with Gasteiger partial charge in [0.15, 0.2) is 0 Å². The number of piperidine rings is 1. The molecule has 0 saturated carbocycles. The topological polar surface area (TPSA) is 51.0 Å². The van der Waals surface area contributed by atoms with Crippen molar-refractivity contribution < 1.29 is 0 Å². The highest BCUT2D eigenvalue weighted by molar-refractivity contribution is 7.11. The van der Waals surface area contributed by atoms with Crippen LogP contribution in [0.3, 0.4) is 0 Å². The number of likely N-dealkylation sites (tertiary alicyclic amines) is 1. The molecule has 0 N–H and O–H groups in total. The Morgan fingerprint density at radius 3 is 2.57 bits per heavy atom. The van der Waals surface area contributed by atoms with Gasteiger partial charge in [0.2, 0.25) is 0 Å². The summed E-state index contributed by atoms with van der Waals surface area (Å²) in [5, 5.41) is 6.02. The fraction of sp³-hybridized carbons (Fsp3) is 0.682. The van der Waals surface area contributed by atoms with E-state index < -0.39 is 0 Å². The number of nitrogens with zero attached hydrogens (tertiary/aromatic N) is 4. The van der Waals surface area contributed by atoms with Crippen molar-refractivity contribution in [3.05, 3.63) is 43.3 Å². The van der Waals surface area contributed by atoms with Gasteiger partial charge in [-0.25, -0.2) is 9.67 Å². The number of hydrogen-bond donors (Lipinski definition) is 0. The summed E-state index contributed by atoms with van der Waals surface area (Å²) in [5.74, 6) is 0.563. The molecule has 0 amide bonds. The van der Waals surface area contributed by atoms with Crippen LogP contribution in [-0.2, 0) is 38.8 Å². The SMILES string of the molecule is O=c1cc2c(nn1CC1CCN(Cc3nc4c(s3)CCCC4)CC1)CCCC2. The summed E-state index contributed by atoms with van der Waals surface area (Å²) in [5.41, 5.74) is 3.82. The first-order valence-corrected chi connectivity index (χ1v) is 11.9. The number of aromatic nitrogens is 3. The summed E-state index contributed by atoms with van der Waals surface area (Å²) < 4.78 is 1.75. The standard InChI is InChI=1S/C22H30N4OS/c27-22-13-17-5-1-2-6-18(17)24-26(22)14-16-9-11-25(12-10-16)15-21-23-19-7-3-4-8-20(19)28-21/h13,16H,1-12,14-15H2. The van der Waals surface area contributed by atoms with Crippen LogP contribution in [0.4, 0.5) is 0 Å². The van der Waals surface area contributed by atoms with Gasteiger partial charge in [-0.2, -0.15) is 5.10 Å². The van der Waals surface area contributed by atoms with Crippen LogP contribution in [0, 0.1) is 5.92 Å². The van der Waals surface area contributed by atoms with Crippen LogP contribution in [-0.4, -0.2) is 32.8 Å². The average Bonchev–Trinajstić information content (AvgIpc) is 3.12. The molecule has 0 aromatic carbocycles. The second-order valence-electron chi connectivity index (χ2n) is 8.75. The fourth-order valence-corrected chi connectivity index (χ4v) is 6.17. The Kier molecular flexibility index (Phi) is 5.33. The molecule has 2 aliphatic carbocycles. The molecule has 5 nitrogen and oxygen atoms in total. The van der Waals surface area contributed by atoms with E-state index in [1.165, 1.54) is 59.7 Å². The van der Waals surface area contributed by atoms with Crippen LogP contribution in [0.15, 0.2) is 10.9 Å². The lowest BCUT2D eigenvalue weighted by Crippen LogP contribution is -2.37. The van der Waals surface area contributed by atoms with Crippen LogP contribution in [0.25, 0.3) is 0 Å². The highest BCUT2D eigenvalue weighted by Gasteiger charge is 2.23. The van der Waals surface area contributed by atoms with Gasteiger partial charge in [0, 0.05) is 17.5 Å². The van der Waals surface area contributed by atoms with E-state index >= 15 is 0 Å². The Labute approximate surface area is 170 Å². The Morgan fingerprint density at radius 1 is 1.00 bits per heavy atom. The summed E-state index contributed by atoms with van der Waals surface area (Å²) in [7, 11) is 0. The van der Waals surface area contributed by atoms with Gasteiger partial charge in [0.05, 0.1) is 17.9 Å². The van der Waals surface area contributed by atoms with Crippen molar-refractivity contribution in [1.82, 2.24) is 19.7 Å². The molecule has 0 spiro atoms. The Bertz CT molecular complexity index is 871. The van der Waals surface area contributed by atoms with E-state index in [9.17, 15) is 4.79 Å². The lowest BCUT2D eigenvalue weighted by molar-refractivity contribution is 0.163. The molecule has 1 fully saturated rings. The van der Waals surface area contributed by atoms with Crippen molar-refractivity contribution >= 4 is 11.3 Å². The van der Waals surface area contributed by atoms with Crippen molar-refractivity contribution in [1.29, 1.82) is 0 Å². The Hall–Kier alpha value is -1.53. The van der Waals surface area contributed by atoms with E-state index in [1.807, 2.05) is 17.4 Å². The summed E-state index contributed by atoms with van der Waals surface area (Å²) in [6, 6.07) is 1.85. The van der Waals surface area contributed by atoms with Gasteiger partial charge in [-0.3, -0.25) is 9.69 Å². The lowest BCUT2D eigenvalue weighted by atomic mass is 9.96. The van der Waals surface area contributed by atoms with E-state index in [4.69, 9.17) is 10.1 Å². The van der Waals surface area contributed by atoms with E-state index in [2.05, 4.69) is 4.90 Å². The highest BCUT2D eigenvalue weighted by Crippen LogP contribution is 2.28. The molecule has 3 heterocycles. The zero-order valence-corrected chi connectivity index (χ0v) is 17.5. The van der Waals surface area contributed by atoms with E-state index in [1.54, 1.807) is 4.68 Å². The lowest BCUT2D eigenvalue weighted by Gasteiger charge is -2.31. The Balaban J connectivity index is 1.17. The van der Waals surface area contributed by atoms with E-state index in [-0.39, 0.29) is 5.56 Å². The van der Waals surface area contributed by atoms with Gasteiger partial charge in [-0.15, -0.1) is 11.3 Å². The summed E-state index contributed by atoms with van der Waals surface area (Å²) in [4.78, 5) is 21.4. The monoisotopic (exact) mass is 398 g/mol. The number of rotatable bonds is 4. The molecule has 0 atom stereocenters. The fourth-order valence-electron chi connectivity index (χ4n) is 4.97. The highest BCUT2D eigenvalue weighted by atomic mass is 32.1. The molecule has 0 unspecified atom stereocenters. The van der Waals surface area contributed by atoms with Gasteiger partial charge < -0.3 is 0 Å². The molecule has 0 radical (unpaired) electrons. The predicted octanol–water partition coefficient (Wildman–Crippen LogP) is 3.37. The van der Waals surface area contributed by atoms with E-state index in [0.29, 0.717) is 5.92 Å². The van der Waals surface area contributed by atoms with Crippen LogP contribution in [0.5, 0.6) is 0 Å². The number of aryl methyl sites for hydroxylation is 4. The third-order valence-electron chi connectivity index (χ3n) is 6.66. The van der Waals surface area contributed by atoms with Gasteiger partial charge in [0.25, 0.3) is 5.56 Å². The van der Waals surface area contributed by atoms with Crippen LogP contribution < -0.4 is 5.56 Å². The predicted molar refractivity (Wildman–Crippen MR) is 112 cm³/mol. The molecule has 1 saturated heterocycles. The molecule has 28 heavy (non-hydrogen) atoms. The van der Waals surface area contributed by atoms with Crippen molar-refractivity contribution in [2.75, 3.05) is 13.1 Å². The maximum absolute atomic E-state index is 12.4. The first kappa shape index (κ1) is 18.5. The zero-order chi connectivity index (χ0) is 18.9. The first-order valence-electron chi connectivity index (χ1n) is 11.0. The third-order valence-corrected chi connectivity index (χ3v) is 7.80. The molecular weight excluding hydrogens is 368 g/mol. The number of thiazole rings is 1. The van der Waals surface area contributed by atoms with Crippen molar-refractivity contribution in [3.8, 4) is 0 Å².